The lowest BCUT2D eigenvalue weighted by atomic mass is 10.3. The number of hydrogen-bond acceptors (Lipinski definition) is 10. The number of benzene rings is 1. The molecule has 2 aromatic heterocycles. The van der Waals surface area contributed by atoms with E-state index in [1.807, 2.05) is 0 Å². The third kappa shape index (κ3) is 6.45. The van der Waals surface area contributed by atoms with E-state index in [9.17, 15) is 41.2 Å². The minimum Gasteiger partial charge on any atom is -0.439 e. The summed E-state index contributed by atoms with van der Waals surface area (Å²) in [7, 11) is -7.91. The summed E-state index contributed by atoms with van der Waals surface area (Å²) in [5.41, 5.74) is -1.40. The van der Waals surface area contributed by atoms with Gasteiger partial charge in [0.15, 0.2) is 9.93 Å². The van der Waals surface area contributed by atoms with Crippen molar-refractivity contribution >= 4 is 25.3 Å². The molecule has 16 heteroatoms. The Labute approximate surface area is 208 Å². The van der Waals surface area contributed by atoms with E-state index in [1.54, 1.807) is 0 Å². The van der Waals surface area contributed by atoms with Gasteiger partial charge in [0.25, 0.3) is 5.69 Å². The van der Waals surface area contributed by atoms with E-state index in [0.29, 0.717) is 24.5 Å². The first kappa shape index (κ1) is 27.2. The Balaban J connectivity index is 1.84. The van der Waals surface area contributed by atoms with Crippen molar-refractivity contribution < 1.29 is 35.5 Å². The number of ether oxygens (including phenoxy) is 1. The number of halogens is 3. The SMILES string of the molecule is CS(=O)(=N/C=C(/C#N)S(=O)(=O)c1ccc(C(F)(F)F)cn1)c1ccc(Oc2ccc([N+](=O)[O-])cn2)cc1. The van der Waals surface area contributed by atoms with E-state index in [4.69, 9.17) is 4.74 Å². The molecule has 0 aliphatic rings. The number of nitro groups is 1. The molecule has 0 spiro atoms. The molecule has 192 valence electrons. The van der Waals surface area contributed by atoms with Crippen LogP contribution in [0.5, 0.6) is 11.6 Å². The summed E-state index contributed by atoms with van der Waals surface area (Å²) in [6.07, 6.45) is -1.67. The average molecular weight is 554 g/mol. The number of nitriles is 1. The maximum atomic E-state index is 13.0. The molecule has 0 saturated carbocycles. The van der Waals surface area contributed by atoms with E-state index in [-0.39, 0.29) is 22.2 Å². The van der Waals surface area contributed by atoms with Gasteiger partial charge in [-0.05, 0) is 36.4 Å². The highest BCUT2D eigenvalue weighted by Crippen LogP contribution is 2.29. The zero-order valence-electron chi connectivity index (χ0n) is 18.5. The summed E-state index contributed by atoms with van der Waals surface area (Å²) >= 11 is 0. The predicted molar refractivity (Wildman–Crippen MR) is 122 cm³/mol. The van der Waals surface area contributed by atoms with Crippen LogP contribution in [0.2, 0.25) is 0 Å². The lowest BCUT2D eigenvalue weighted by Crippen LogP contribution is -2.09. The molecule has 0 N–H and O–H groups in total. The lowest BCUT2D eigenvalue weighted by Gasteiger charge is -2.08. The van der Waals surface area contributed by atoms with Gasteiger partial charge in [-0.25, -0.2) is 27.0 Å². The molecule has 3 aromatic rings. The summed E-state index contributed by atoms with van der Waals surface area (Å²) in [6.45, 7) is 0. The van der Waals surface area contributed by atoms with Crippen LogP contribution >= 0.6 is 0 Å². The van der Waals surface area contributed by atoms with Gasteiger partial charge in [0.1, 0.15) is 18.0 Å². The van der Waals surface area contributed by atoms with Crippen LogP contribution in [-0.2, 0) is 25.7 Å². The third-order valence-corrected chi connectivity index (χ3v) is 7.75. The molecule has 3 rings (SSSR count). The zero-order chi connectivity index (χ0) is 27.4. The van der Waals surface area contributed by atoms with Gasteiger partial charge in [0.05, 0.1) is 26.4 Å². The lowest BCUT2D eigenvalue weighted by molar-refractivity contribution is -0.385. The number of nitrogens with zero attached hydrogens (tertiary/aromatic N) is 5. The van der Waals surface area contributed by atoms with Crippen LogP contribution in [0, 0.1) is 21.4 Å². The molecule has 0 amide bonds. The number of aromatic nitrogens is 2. The first-order valence-corrected chi connectivity index (χ1v) is 13.1. The number of sulfone groups is 1. The van der Waals surface area contributed by atoms with Crippen LogP contribution in [0.1, 0.15) is 5.56 Å². The molecule has 0 fully saturated rings. The zero-order valence-corrected chi connectivity index (χ0v) is 20.1. The van der Waals surface area contributed by atoms with Crippen LogP contribution in [0.25, 0.3) is 0 Å². The molecule has 0 aliphatic heterocycles. The van der Waals surface area contributed by atoms with Crippen LogP contribution in [0.4, 0.5) is 18.9 Å². The molecule has 0 bridgehead atoms. The number of alkyl halides is 3. The maximum absolute atomic E-state index is 13.0. The van der Waals surface area contributed by atoms with Gasteiger partial charge in [-0.15, -0.1) is 0 Å². The third-order valence-electron chi connectivity index (χ3n) is 4.52. The van der Waals surface area contributed by atoms with E-state index >= 15 is 0 Å². The molecule has 2 heterocycles. The molecular formula is C21H14F3N5O6S2. The highest BCUT2D eigenvalue weighted by atomic mass is 32.2. The van der Waals surface area contributed by atoms with Gasteiger partial charge in [-0.1, -0.05) is 0 Å². The molecule has 1 atom stereocenters. The summed E-state index contributed by atoms with van der Waals surface area (Å²) in [4.78, 5) is 16.3. The Morgan fingerprint density at radius 1 is 1.08 bits per heavy atom. The van der Waals surface area contributed by atoms with Crippen LogP contribution in [-0.4, -0.2) is 33.8 Å². The standard InChI is InChI=1S/C21H14F3N5O6S2/c1-36(32,17-6-4-16(5-7-17)35-19-8-3-15(12-26-19)29(30)31)28-13-18(10-25)37(33,34)20-9-2-14(11-27-20)21(22,23)24/h2-9,11-13H,1H3/b18-13-. The first-order valence-electron chi connectivity index (χ1n) is 9.72. The van der Waals surface area contributed by atoms with Crippen molar-refractivity contribution in [2.45, 2.75) is 16.1 Å². The summed E-state index contributed by atoms with van der Waals surface area (Å²) in [6, 6.07) is 10.5. The van der Waals surface area contributed by atoms with E-state index < -0.39 is 46.2 Å². The average Bonchev–Trinajstić information content (AvgIpc) is 2.84. The first-order chi connectivity index (χ1) is 17.2. The van der Waals surface area contributed by atoms with Crippen molar-refractivity contribution in [1.29, 1.82) is 5.26 Å². The quantitative estimate of drug-likeness (QED) is 0.233. The molecule has 0 aliphatic carbocycles. The second-order valence-electron chi connectivity index (χ2n) is 7.08. The van der Waals surface area contributed by atoms with E-state index in [1.165, 1.54) is 48.7 Å². The maximum Gasteiger partial charge on any atom is 0.417 e. The summed E-state index contributed by atoms with van der Waals surface area (Å²) < 4.78 is 85.5. The van der Waals surface area contributed by atoms with Gasteiger partial charge in [-0.3, -0.25) is 10.1 Å². The van der Waals surface area contributed by atoms with Gasteiger partial charge in [0.2, 0.25) is 15.7 Å². The summed E-state index contributed by atoms with van der Waals surface area (Å²) in [5, 5.41) is 19.1. The van der Waals surface area contributed by atoms with Crippen LogP contribution < -0.4 is 4.74 Å². The number of rotatable bonds is 7. The predicted octanol–water partition coefficient (Wildman–Crippen LogP) is 4.49. The molecule has 1 unspecified atom stereocenters. The number of pyridine rings is 2. The van der Waals surface area contributed by atoms with Gasteiger partial charge in [-0.2, -0.15) is 18.4 Å². The Morgan fingerprint density at radius 2 is 1.76 bits per heavy atom. The molecule has 0 saturated heterocycles. The Kier molecular flexibility index (Phi) is 7.60. The monoisotopic (exact) mass is 553 g/mol. The van der Waals surface area contributed by atoms with Gasteiger partial charge in [0, 0.05) is 29.5 Å². The van der Waals surface area contributed by atoms with Gasteiger partial charge < -0.3 is 4.74 Å². The fourth-order valence-electron chi connectivity index (χ4n) is 2.61. The van der Waals surface area contributed by atoms with Crippen LogP contribution in [0.15, 0.2) is 86.3 Å². The Morgan fingerprint density at radius 3 is 2.24 bits per heavy atom. The van der Waals surface area contributed by atoms with Crippen molar-refractivity contribution in [3.8, 4) is 17.7 Å². The Hall–Kier alpha value is -4.36. The fraction of sp³-hybridized carbons (Fsp3) is 0.0952. The number of hydrogen-bond donors (Lipinski definition) is 0. The minimum atomic E-state index is -4.73. The van der Waals surface area contributed by atoms with Gasteiger partial charge >= 0.3 is 6.18 Å². The minimum absolute atomic E-state index is 0.0592. The molecule has 0 radical (unpaired) electrons. The number of allylic oxidation sites excluding steroid dienone is 1. The second kappa shape index (κ2) is 10.3. The second-order valence-corrected chi connectivity index (χ2v) is 11.2. The normalized spacial score (nSPS) is 13.8. The molecule has 11 nitrogen and oxygen atoms in total. The largest absolute Gasteiger partial charge is 0.439 e. The van der Waals surface area contributed by atoms with Crippen molar-refractivity contribution in [3.05, 3.63) is 87.7 Å². The van der Waals surface area contributed by atoms with Crippen molar-refractivity contribution in [2.75, 3.05) is 6.26 Å². The molecule has 37 heavy (non-hydrogen) atoms. The van der Waals surface area contributed by atoms with Crippen molar-refractivity contribution in [2.24, 2.45) is 4.36 Å². The highest BCUT2D eigenvalue weighted by Gasteiger charge is 2.32. The highest BCUT2D eigenvalue weighted by molar-refractivity contribution is 7.95. The van der Waals surface area contributed by atoms with Crippen molar-refractivity contribution in [1.82, 2.24) is 9.97 Å². The topological polar surface area (TPSA) is 166 Å². The molecular weight excluding hydrogens is 539 g/mol. The van der Waals surface area contributed by atoms with Crippen molar-refractivity contribution in [3.63, 3.8) is 0 Å². The van der Waals surface area contributed by atoms with Crippen LogP contribution in [0.3, 0.4) is 0 Å². The molecule has 1 aromatic carbocycles. The summed E-state index contributed by atoms with van der Waals surface area (Å²) in [5.74, 6) is 0.300. The fourth-order valence-corrected chi connectivity index (χ4v) is 4.72. The smallest absolute Gasteiger partial charge is 0.417 e. The van der Waals surface area contributed by atoms with E-state index in [2.05, 4.69) is 14.3 Å². The van der Waals surface area contributed by atoms with E-state index in [0.717, 1.165) is 6.20 Å². The Bertz CT molecular complexity index is 1620.